The maximum Gasteiger partial charge on any atom is 0.240 e. The molecule has 1 rings (SSSR count). The van der Waals surface area contributed by atoms with E-state index in [-0.39, 0.29) is 5.91 Å². The van der Waals surface area contributed by atoms with Crippen molar-refractivity contribution >= 4 is 5.91 Å². The molecule has 1 fully saturated rings. The SMILES string of the molecule is CCCN1CCC(NC(=O)C(C)(N)CC)CC1. The summed E-state index contributed by atoms with van der Waals surface area (Å²) in [5, 5.41) is 3.08. The topological polar surface area (TPSA) is 58.4 Å². The molecule has 0 bridgehead atoms. The van der Waals surface area contributed by atoms with Gasteiger partial charge in [-0.05, 0) is 39.2 Å². The van der Waals surface area contributed by atoms with Crippen molar-refractivity contribution in [3.63, 3.8) is 0 Å². The van der Waals surface area contributed by atoms with Crippen molar-refractivity contribution in [2.24, 2.45) is 5.73 Å². The minimum atomic E-state index is -0.722. The Bertz CT molecular complexity index is 245. The number of likely N-dealkylation sites (tertiary alicyclic amines) is 1. The van der Waals surface area contributed by atoms with Crippen LogP contribution in [0.5, 0.6) is 0 Å². The number of nitrogens with two attached hydrogens (primary N) is 1. The average Bonchev–Trinajstić information content (AvgIpc) is 2.32. The molecule has 1 aliphatic heterocycles. The molecule has 0 aromatic rings. The van der Waals surface area contributed by atoms with Gasteiger partial charge in [-0.15, -0.1) is 0 Å². The monoisotopic (exact) mass is 241 g/mol. The third kappa shape index (κ3) is 4.28. The minimum Gasteiger partial charge on any atom is -0.352 e. The summed E-state index contributed by atoms with van der Waals surface area (Å²) in [6.45, 7) is 9.30. The first-order valence-corrected chi connectivity index (χ1v) is 6.81. The fourth-order valence-electron chi connectivity index (χ4n) is 2.13. The van der Waals surface area contributed by atoms with Crippen LogP contribution in [-0.2, 0) is 4.79 Å². The lowest BCUT2D eigenvalue weighted by Gasteiger charge is -2.33. The molecule has 4 nitrogen and oxygen atoms in total. The maximum atomic E-state index is 11.9. The van der Waals surface area contributed by atoms with Crippen LogP contribution in [0.15, 0.2) is 0 Å². The number of carbonyl (C=O) groups excluding carboxylic acids is 1. The van der Waals surface area contributed by atoms with Crippen LogP contribution in [0, 0.1) is 0 Å². The molecule has 100 valence electrons. The molecular weight excluding hydrogens is 214 g/mol. The lowest BCUT2D eigenvalue weighted by molar-refractivity contribution is -0.126. The summed E-state index contributed by atoms with van der Waals surface area (Å²) < 4.78 is 0. The number of carbonyl (C=O) groups is 1. The summed E-state index contributed by atoms with van der Waals surface area (Å²) >= 11 is 0. The summed E-state index contributed by atoms with van der Waals surface area (Å²) in [5.41, 5.74) is 5.21. The Morgan fingerprint density at radius 2 is 2.00 bits per heavy atom. The summed E-state index contributed by atoms with van der Waals surface area (Å²) in [6, 6.07) is 0.310. The Labute approximate surface area is 105 Å². The number of hydrogen-bond acceptors (Lipinski definition) is 3. The van der Waals surface area contributed by atoms with Crippen molar-refractivity contribution in [1.29, 1.82) is 0 Å². The summed E-state index contributed by atoms with van der Waals surface area (Å²) in [5.74, 6) is -0.00561. The quantitative estimate of drug-likeness (QED) is 0.758. The van der Waals surface area contributed by atoms with E-state index in [9.17, 15) is 4.79 Å². The smallest absolute Gasteiger partial charge is 0.240 e. The van der Waals surface area contributed by atoms with Gasteiger partial charge >= 0.3 is 0 Å². The molecule has 1 atom stereocenters. The molecule has 3 N–H and O–H groups in total. The molecule has 0 aromatic carbocycles. The largest absolute Gasteiger partial charge is 0.352 e. The standard InChI is InChI=1S/C13H27N3O/c1-4-8-16-9-6-11(7-10-16)15-12(17)13(3,14)5-2/h11H,4-10,14H2,1-3H3,(H,15,17). The third-order valence-electron chi connectivity index (χ3n) is 3.72. The number of hydrogen-bond donors (Lipinski definition) is 2. The highest BCUT2D eigenvalue weighted by atomic mass is 16.2. The lowest BCUT2D eigenvalue weighted by atomic mass is 9.97. The number of piperidine rings is 1. The van der Waals surface area contributed by atoms with Crippen LogP contribution < -0.4 is 11.1 Å². The van der Waals surface area contributed by atoms with Crippen LogP contribution in [-0.4, -0.2) is 42.0 Å². The van der Waals surface area contributed by atoms with Crippen LogP contribution in [0.1, 0.15) is 46.5 Å². The van der Waals surface area contributed by atoms with Gasteiger partial charge in [0, 0.05) is 19.1 Å². The lowest BCUT2D eigenvalue weighted by Crippen LogP contribution is -2.55. The zero-order chi connectivity index (χ0) is 12.9. The van der Waals surface area contributed by atoms with Gasteiger partial charge in [0.25, 0.3) is 0 Å². The molecule has 1 heterocycles. The van der Waals surface area contributed by atoms with E-state index < -0.39 is 5.54 Å². The number of rotatable bonds is 5. The van der Waals surface area contributed by atoms with Gasteiger partial charge in [-0.25, -0.2) is 0 Å². The second-order valence-electron chi connectivity index (χ2n) is 5.36. The minimum absolute atomic E-state index is 0.00561. The van der Waals surface area contributed by atoms with Gasteiger partial charge in [0.15, 0.2) is 0 Å². The first-order chi connectivity index (χ1) is 7.99. The van der Waals surface area contributed by atoms with Crippen molar-refractivity contribution in [1.82, 2.24) is 10.2 Å². The molecular formula is C13H27N3O. The molecule has 17 heavy (non-hydrogen) atoms. The van der Waals surface area contributed by atoms with Crippen molar-refractivity contribution < 1.29 is 4.79 Å². The van der Waals surface area contributed by atoms with Gasteiger partial charge < -0.3 is 16.0 Å². The summed E-state index contributed by atoms with van der Waals surface area (Å²) in [7, 11) is 0. The zero-order valence-electron chi connectivity index (χ0n) is 11.5. The van der Waals surface area contributed by atoms with Crippen LogP contribution in [0.25, 0.3) is 0 Å². The summed E-state index contributed by atoms with van der Waals surface area (Å²) in [4.78, 5) is 14.4. The molecule has 4 heteroatoms. The molecule has 1 amide bonds. The Morgan fingerprint density at radius 3 is 2.47 bits per heavy atom. The molecule has 0 saturated carbocycles. The third-order valence-corrected chi connectivity index (χ3v) is 3.72. The Kier molecular flexibility index (Phi) is 5.40. The first kappa shape index (κ1) is 14.5. The molecule has 0 radical (unpaired) electrons. The van der Waals surface area contributed by atoms with E-state index in [1.54, 1.807) is 6.92 Å². The van der Waals surface area contributed by atoms with E-state index in [1.165, 1.54) is 13.0 Å². The molecule has 0 aliphatic carbocycles. The Hall–Kier alpha value is -0.610. The van der Waals surface area contributed by atoms with Gasteiger partial charge in [0.2, 0.25) is 5.91 Å². The van der Waals surface area contributed by atoms with Gasteiger partial charge in [-0.2, -0.15) is 0 Å². The van der Waals surface area contributed by atoms with E-state index in [2.05, 4.69) is 17.1 Å². The van der Waals surface area contributed by atoms with Gasteiger partial charge in [0.1, 0.15) is 0 Å². The van der Waals surface area contributed by atoms with Gasteiger partial charge in [0.05, 0.1) is 5.54 Å². The highest BCUT2D eigenvalue weighted by Crippen LogP contribution is 2.12. The van der Waals surface area contributed by atoms with E-state index >= 15 is 0 Å². The fourth-order valence-corrected chi connectivity index (χ4v) is 2.13. The fraction of sp³-hybridized carbons (Fsp3) is 0.923. The zero-order valence-corrected chi connectivity index (χ0v) is 11.5. The van der Waals surface area contributed by atoms with Gasteiger partial charge in [-0.3, -0.25) is 4.79 Å². The molecule has 1 unspecified atom stereocenters. The molecule has 1 saturated heterocycles. The number of nitrogens with one attached hydrogen (secondary N) is 1. The van der Waals surface area contributed by atoms with Crippen molar-refractivity contribution in [3.8, 4) is 0 Å². The predicted molar refractivity (Wildman–Crippen MR) is 70.8 cm³/mol. The average molecular weight is 241 g/mol. The van der Waals surface area contributed by atoms with E-state index in [4.69, 9.17) is 5.73 Å². The molecule has 0 spiro atoms. The number of amides is 1. The van der Waals surface area contributed by atoms with Crippen LogP contribution in [0.2, 0.25) is 0 Å². The van der Waals surface area contributed by atoms with E-state index in [0.29, 0.717) is 12.5 Å². The predicted octanol–water partition coefficient (Wildman–Crippen LogP) is 1.10. The van der Waals surface area contributed by atoms with Crippen LogP contribution in [0.3, 0.4) is 0 Å². The van der Waals surface area contributed by atoms with E-state index in [0.717, 1.165) is 25.9 Å². The normalized spacial score (nSPS) is 22.1. The summed E-state index contributed by atoms with van der Waals surface area (Å²) in [6.07, 6.45) is 3.97. The van der Waals surface area contributed by atoms with Crippen molar-refractivity contribution in [2.45, 2.75) is 58.0 Å². The molecule has 1 aliphatic rings. The number of nitrogens with zero attached hydrogens (tertiary/aromatic N) is 1. The Balaban J connectivity index is 2.33. The highest BCUT2D eigenvalue weighted by molar-refractivity contribution is 5.85. The maximum absolute atomic E-state index is 11.9. The Morgan fingerprint density at radius 1 is 1.41 bits per heavy atom. The van der Waals surface area contributed by atoms with Crippen LogP contribution in [0.4, 0.5) is 0 Å². The van der Waals surface area contributed by atoms with Crippen molar-refractivity contribution in [3.05, 3.63) is 0 Å². The first-order valence-electron chi connectivity index (χ1n) is 6.81. The van der Waals surface area contributed by atoms with Crippen molar-refractivity contribution in [2.75, 3.05) is 19.6 Å². The molecule has 0 aromatic heterocycles. The van der Waals surface area contributed by atoms with Crippen LogP contribution >= 0.6 is 0 Å². The van der Waals surface area contributed by atoms with E-state index in [1.807, 2.05) is 6.92 Å². The second-order valence-corrected chi connectivity index (χ2v) is 5.36. The van der Waals surface area contributed by atoms with Gasteiger partial charge in [-0.1, -0.05) is 13.8 Å². The second kappa shape index (κ2) is 6.36. The highest BCUT2D eigenvalue weighted by Gasteiger charge is 2.29.